The van der Waals surface area contributed by atoms with Crippen molar-refractivity contribution in [2.24, 2.45) is 5.92 Å². The smallest absolute Gasteiger partial charge is 0.225 e. The molecule has 2 aromatic rings. The van der Waals surface area contributed by atoms with Crippen molar-refractivity contribution < 1.29 is 4.74 Å². The first-order valence-electron chi connectivity index (χ1n) is 7.39. The molecule has 3 heterocycles. The van der Waals surface area contributed by atoms with Crippen molar-refractivity contribution in [2.75, 3.05) is 24.6 Å². The highest BCUT2D eigenvalue weighted by atomic mass is 16.5. The molecule has 1 saturated heterocycles. The van der Waals surface area contributed by atoms with E-state index in [0.717, 1.165) is 49.9 Å². The summed E-state index contributed by atoms with van der Waals surface area (Å²) in [5.74, 6) is 2.16. The normalized spacial score (nSPS) is 16.0. The summed E-state index contributed by atoms with van der Waals surface area (Å²) >= 11 is 0. The molecule has 0 aliphatic carbocycles. The van der Waals surface area contributed by atoms with Gasteiger partial charge in [-0.3, -0.25) is 0 Å². The van der Waals surface area contributed by atoms with Crippen LogP contribution in [0.3, 0.4) is 0 Å². The topological polar surface area (TPSA) is 51.1 Å². The summed E-state index contributed by atoms with van der Waals surface area (Å²) in [6.45, 7) is 4.73. The van der Waals surface area contributed by atoms with Crippen LogP contribution >= 0.6 is 0 Å². The van der Waals surface area contributed by atoms with Gasteiger partial charge in [0.05, 0.1) is 6.61 Å². The van der Waals surface area contributed by atoms with Gasteiger partial charge in [0.25, 0.3) is 0 Å². The molecule has 2 aromatic heterocycles. The number of rotatable bonds is 4. The van der Waals surface area contributed by atoms with E-state index in [0.29, 0.717) is 5.92 Å². The van der Waals surface area contributed by atoms with Crippen LogP contribution in [0.25, 0.3) is 0 Å². The lowest BCUT2D eigenvalue weighted by Crippen LogP contribution is -2.36. The van der Waals surface area contributed by atoms with Crippen molar-refractivity contribution in [2.45, 2.75) is 19.8 Å². The van der Waals surface area contributed by atoms with Gasteiger partial charge in [-0.05, 0) is 37.8 Å². The van der Waals surface area contributed by atoms with Gasteiger partial charge in [0.15, 0.2) is 0 Å². The van der Waals surface area contributed by atoms with Crippen LogP contribution in [-0.2, 0) is 0 Å². The van der Waals surface area contributed by atoms with E-state index in [1.165, 1.54) is 0 Å². The van der Waals surface area contributed by atoms with E-state index < -0.39 is 0 Å². The Balaban J connectivity index is 1.49. The van der Waals surface area contributed by atoms with Crippen LogP contribution in [0.1, 0.15) is 18.4 Å². The van der Waals surface area contributed by atoms with Gasteiger partial charge in [-0.25, -0.2) is 15.0 Å². The molecule has 1 aliphatic heterocycles. The molecule has 0 N–H and O–H groups in total. The van der Waals surface area contributed by atoms with Crippen molar-refractivity contribution in [1.82, 2.24) is 15.0 Å². The largest absolute Gasteiger partial charge is 0.477 e. The average Bonchev–Trinajstić information content (AvgIpc) is 2.55. The number of piperidine rings is 1. The first kappa shape index (κ1) is 13.8. The third-order valence-electron chi connectivity index (χ3n) is 3.87. The summed E-state index contributed by atoms with van der Waals surface area (Å²) in [7, 11) is 0. The number of ether oxygens (including phenoxy) is 1. The van der Waals surface area contributed by atoms with Crippen molar-refractivity contribution >= 4 is 5.95 Å². The zero-order chi connectivity index (χ0) is 14.5. The summed E-state index contributed by atoms with van der Waals surface area (Å²) in [5.41, 5.74) is 1.09. The fraction of sp³-hybridized carbons (Fsp3) is 0.438. The van der Waals surface area contributed by atoms with Crippen molar-refractivity contribution in [3.05, 3.63) is 42.4 Å². The molecule has 5 nitrogen and oxygen atoms in total. The fourth-order valence-corrected chi connectivity index (χ4v) is 2.57. The van der Waals surface area contributed by atoms with Gasteiger partial charge in [-0.2, -0.15) is 0 Å². The molecule has 0 bridgehead atoms. The second kappa shape index (κ2) is 6.52. The fourth-order valence-electron chi connectivity index (χ4n) is 2.57. The van der Waals surface area contributed by atoms with E-state index >= 15 is 0 Å². The quantitative estimate of drug-likeness (QED) is 0.863. The van der Waals surface area contributed by atoms with Crippen LogP contribution in [0.2, 0.25) is 0 Å². The van der Waals surface area contributed by atoms with E-state index in [-0.39, 0.29) is 0 Å². The summed E-state index contributed by atoms with van der Waals surface area (Å²) in [6.07, 6.45) is 7.56. The summed E-state index contributed by atoms with van der Waals surface area (Å²) in [4.78, 5) is 15.1. The zero-order valence-corrected chi connectivity index (χ0v) is 12.3. The Morgan fingerprint density at radius 1 is 1.10 bits per heavy atom. The molecule has 0 saturated carbocycles. The Morgan fingerprint density at radius 3 is 2.52 bits per heavy atom. The molecule has 1 fully saturated rings. The van der Waals surface area contributed by atoms with E-state index in [1.54, 1.807) is 18.6 Å². The molecule has 1 aliphatic rings. The van der Waals surface area contributed by atoms with E-state index in [9.17, 15) is 0 Å². The maximum Gasteiger partial charge on any atom is 0.225 e. The van der Waals surface area contributed by atoms with Gasteiger partial charge in [0.2, 0.25) is 11.8 Å². The molecule has 0 amide bonds. The van der Waals surface area contributed by atoms with Gasteiger partial charge < -0.3 is 9.64 Å². The standard InChI is InChI=1S/C16H20N4O/c1-13-4-2-7-17-15(13)21-12-14-5-10-20(11-6-14)16-18-8-3-9-19-16/h2-4,7-9,14H,5-6,10-12H2,1H3. The molecule has 3 rings (SSSR count). The van der Waals surface area contributed by atoms with Crippen LogP contribution < -0.4 is 9.64 Å². The van der Waals surface area contributed by atoms with Crippen LogP contribution in [0.15, 0.2) is 36.8 Å². The Hall–Kier alpha value is -2.17. The third kappa shape index (κ3) is 3.48. The van der Waals surface area contributed by atoms with Crippen molar-refractivity contribution in [3.63, 3.8) is 0 Å². The minimum atomic E-state index is 0.575. The number of hydrogen-bond acceptors (Lipinski definition) is 5. The number of aromatic nitrogens is 3. The van der Waals surface area contributed by atoms with Crippen LogP contribution in [0, 0.1) is 12.8 Å². The van der Waals surface area contributed by atoms with Gasteiger partial charge in [0, 0.05) is 37.2 Å². The predicted molar refractivity (Wildman–Crippen MR) is 81.4 cm³/mol. The lowest BCUT2D eigenvalue weighted by atomic mass is 9.98. The Kier molecular flexibility index (Phi) is 4.28. The van der Waals surface area contributed by atoms with E-state index in [4.69, 9.17) is 4.74 Å². The van der Waals surface area contributed by atoms with Crippen molar-refractivity contribution in [3.8, 4) is 5.88 Å². The summed E-state index contributed by atoms with van der Waals surface area (Å²) < 4.78 is 5.86. The van der Waals surface area contributed by atoms with Gasteiger partial charge in [-0.15, -0.1) is 0 Å². The maximum atomic E-state index is 5.86. The molecular formula is C16H20N4O. The second-order valence-corrected chi connectivity index (χ2v) is 5.42. The molecule has 0 spiro atoms. The van der Waals surface area contributed by atoms with E-state index in [2.05, 4.69) is 19.9 Å². The van der Waals surface area contributed by atoms with Crippen LogP contribution in [-0.4, -0.2) is 34.6 Å². The monoisotopic (exact) mass is 284 g/mol. The predicted octanol–water partition coefficient (Wildman–Crippen LogP) is 2.48. The van der Waals surface area contributed by atoms with Crippen LogP contribution in [0.5, 0.6) is 5.88 Å². The lowest BCUT2D eigenvalue weighted by Gasteiger charge is -2.31. The number of aryl methyl sites for hydroxylation is 1. The second-order valence-electron chi connectivity index (χ2n) is 5.42. The number of pyridine rings is 1. The maximum absolute atomic E-state index is 5.86. The number of anilines is 1. The van der Waals surface area contributed by atoms with Gasteiger partial charge in [-0.1, -0.05) is 6.07 Å². The molecule has 0 atom stereocenters. The molecule has 0 unspecified atom stereocenters. The first-order valence-corrected chi connectivity index (χ1v) is 7.39. The number of hydrogen-bond donors (Lipinski definition) is 0. The highest BCUT2D eigenvalue weighted by Gasteiger charge is 2.21. The van der Waals surface area contributed by atoms with Gasteiger partial charge in [0.1, 0.15) is 0 Å². The minimum Gasteiger partial charge on any atom is -0.477 e. The van der Waals surface area contributed by atoms with Gasteiger partial charge >= 0.3 is 0 Å². The Labute approximate surface area is 125 Å². The third-order valence-corrected chi connectivity index (χ3v) is 3.87. The van der Waals surface area contributed by atoms with E-state index in [1.807, 2.05) is 25.1 Å². The Bertz CT molecular complexity index is 567. The summed E-state index contributed by atoms with van der Waals surface area (Å²) in [5, 5.41) is 0. The molecule has 0 radical (unpaired) electrons. The van der Waals surface area contributed by atoms with Crippen LogP contribution in [0.4, 0.5) is 5.95 Å². The SMILES string of the molecule is Cc1cccnc1OCC1CCN(c2ncccn2)CC1. The average molecular weight is 284 g/mol. The zero-order valence-electron chi connectivity index (χ0n) is 12.3. The highest BCUT2D eigenvalue weighted by Crippen LogP contribution is 2.22. The Morgan fingerprint density at radius 2 is 1.81 bits per heavy atom. The molecule has 0 aromatic carbocycles. The molecule has 21 heavy (non-hydrogen) atoms. The first-order chi connectivity index (χ1) is 10.3. The lowest BCUT2D eigenvalue weighted by molar-refractivity contribution is 0.214. The molecule has 5 heteroatoms. The minimum absolute atomic E-state index is 0.575. The molecule has 110 valence electrons. The number of nitrogens with zero attached hydrogens (tertiary/aromatic N) is 4. The highest BCUT2D eigenvalue weighted by molar-refractivity contribution is 5.29. The molecular weight excluding hydrogens is 264 g/mol. The summed E-state index contributed by atoms with van der Waals surface area (Å²) in [6, 6.07) is 5.80. The van der Waals surface area contributed by atoms with Crippen molar-refractivity contribution in [1.29, 1.82) is 0 Å².